The average molecular weight is 323 g/mol. The Balaban J connectivity index is 1.96. The number of carbonyl (C=O) groups excluding carboxylic acids is 1. The largest absolute Gasteiger partial charge is 0.481 e. The van der Waals surface area contributed by atoms with Gasteiger partial charge < -0.3 is 10.4 Å². The highest BCUT2D eigenvalue weighted by molar-refractivity contribution is 8.15. The molecule has 1 aromatic rings. The van der Waals surface area contributed by atoms with Crippen molar-refractivity contribution in [1.82, 2.24) is 5.32 Å². The number of nitrogens with one attached hydrogen (secondary N) is 1. The summed E-state index contributed by atoms with van der Waals surface area (Å²) in [5, 5.41) is 18.7. The highest BCUT2D eigenvalue weighted by Gasteiger charge is 2.32. The first-order valence-corrected chi connectivity index (χ1v) is 8.13. The summed E-state index contributed by atoms with van der Waals surface area (Å²) in [4.78, 5) is 23.2. The molecule has 1 atom stereocenters. The van der Waals surface area contributed by atoms with Gasteiger partial charge in [0.05, 0.1) is 12.6 Å². The summed E-state index contributed by atoms with van der Waals surface area (Å²) in [6.07, 6.45) is 3.35. The van der Waals surface area contributed by atoms with Crippen LogP contribution in [0.15, 0.2) is 39.4 Å². The van der Waals surface area contributed by atoms with Gasteiger partial charge in [0.25, 0.3) is 0 Å². The lowest BCUT2D eigenvalue weighted by Crippen LogP contribution is -2.26. The zero-order chi connectivity index (χ0) is 15.2. The highest BCUT2D eigenvalue weighted by atomic mass is 32.2. The van der Waals surface area contributed by atoms with Crippen LogP contribution in [-0.4, -0.2) is 39.9 Å². The molecule has 0 saturated carbocycles. The van der Waals surface area contributed by atoms with E-state index in [4.69, 9.17) is 5.11 Å². The van der Waals surface area contributed by atoms with E-state index in [0.717, 1.165) is 22.2 Å². The molecule has 1 heterocycles. The lowest BCUT2D eigenvalue weighted by molar-refractivity contribution is -0.138. The lowest BCUT2D eigenvalue weighted by atomic mass is 10.2. The van der Waals surface area contributed by atoms with E-state index in [1.165, 1.54) is 0 Å². The third-order valence-corrected chi connectivity index (χ3v) is 4.42. The molecule has 1 aromatic carbocycles. The van der Waals surface area contributed by atoms with Gasteiger partial charge in [-0.25, -0.2) is 0 Å². The smallest absolute Gasteiger partial charge is 0.305 e. The number of amidine groups is 1. The summed E-state index contributed by atoms with van der Waals surface area (Å²) < 4.78 is 0. The van der Waals surface area contributed by atoms with Crippen LogP contribution in [0.5, 0.6) is 0 Å². The summed E-state index contributed by atoms with van der Waals surface area (Å²) in [6, 6.07) is 7.80. The quantitative estimate of drug-likeness (QED) is 0.490. The number of thioether (sulfide) groups is 2. The van der Waals surface area contributed by atoms with Crippen LogP contribution in [0.2, 0.25) is 0 Å². The minimum atomic E-state index is -1.01. The summed E-state index contributed by atoms with van der Waals surface area (Å²) in [6.45, 7) is 0. The van der Waals surface area contributed by atoms with Gasteiger partial charge in [-0.3, -0.25) is 9.59 Å². The van der Waals surface area contributed by atoms with E-state index in [9.17, 15) is 9.59 Å². The predicted octanol–water partition coefficient (Wildman–Crippen LogP) is 1.80. The Bertz CT molecular complexity index is 599. The summed E-state index contributed by atoms with van der Waals surface area (Å²) in [5.74, 6) is -1.36. The number of benzene rings is 1. The summed E-state index contributed by atoms with van der Waals surface area (Å²) in [7, 11) is 0. The maximum atomic E-state index is 11.5. The van der Waals surface area contributed by atoms with Gasteiger partial charge in [-0.2, -0.15) is 5.10 Å². The van der Waals surface area contributed by atoms with Crippen LogP contribution >= 0.6 is 23.5 Å². The fourth-order valence-electron chi connectivity index (χ4n) is 1.58. The van der Waals surface area contributed by atoms with E-state index in [0.29, 0.717) is 5.17 Å². The van der Waals surface area contributed by atoms with Crippen LogP contribution in [0.3, 0.4) is 0 Å². The number of hydrogen-bond donors (Lipinski definition) is 2. The lowest BCUT2D eigenvalue weighted by Gasteiger charge is -1.97. The van der Waals surface area contributed by atoms with Crippen LogP contribution < -0.4 is 5.32 Å². The summed E-state index contributed by atoms with van der Waals surface area (Å²) >= 11 is 2.74. The third kappa shape index (κ3) is 4.61. The summed E-state index contributed by atoms with van der Waals surface area (Å²) in [5.41, 5.74) is 0.897. The third-order valence-electron chi connectivity index (χ3n) is 2.61. The molecule has 0 aliphatic carbocycles. The number of amides is 1. The number of carboxylic acids is 1. The molecule has 6 nitrogen and oxygen atoms in total. The van der Waals surface area contributed by atoms with Gasteiger partial charge in [-0.1, -0.05) is 23.9 Å². The van der Waals surface area contributed by atoms with E-state index in [-0.39, 0.29) is 12.3 Å². The zero-order valence-electron chi connectivity index (χ0n) is 11.1. The number of carboxylic acid groups (broad SMARTS) is 1. The Morgan fingerprint density at radius 3 is 2.81 bits per heavy atom. The molecule has 0 aromatic heterocycles. The van der Waals surface area contributed by atoms with Crippen molar-refractivity contribution in [2.75, 3.05) is 6.26 Å². The van der Waals surface area contributed by atoms with Gasteiger partial charge in [0.15, 0.2) is 5.17 Å². The molecule has 1 amide bonds. The number of carbonyl (C=O) groups is 2. The van der Waals surface area contributed by atoms with Gasteiger partial charge in [-0.05, 0) is 24.0 Å². The van der Waals surface area contributed by atoms with Crippen LogP contribution in [0, 0.1) is 0 Å². The Labute approximate surface area is 130 Å². The average Bonchev–Trinajstić information content (AvgIpc) is 2.79. The molecule has 1 fully saturated rings. The van der Waals surface area contributed by atoms with Crippen LogP contribution in [0.1, 0.15) is 12.0 Å². The second kappa shape index (κ2) is 7.28. The molecule has 1 aliphatic heterocycles. The Hall–Kier alpha value is -1.80. The minimum absolute atomic E-state index is 0.227. The van der Waals surface area contributed by atoms with Crippen molar-refractivity contribution in [3.8, 4) is 0 Å². The van der Waals surface area contributed by atoms with Crippen molar-refractivity contribution in [3.63, 3.8) is 0 Å². The van der Waals surface area contributed by atoms with Gasteiger partial charge >= 0.3 is 5.97 Å². The molecule has 2 N–H and O–H groups in total. The Morgan fingerprint density at radius 2 is 2.19 bits per heavy atom. The van der Waals surface area contributed by atoms with Crippen molar-refractivity contribution in [2.24, 2.45) is 10.2 Å². The molecule has 0 bridgehead atoms. The van der Waals surface area contributed by atoms with Crippen LogP contribution in [0.25, 0.3) is 0 Å². The van der Waals surface area contributed by atoms with Crippen molar-refractivity contribution in [2.45, 2.75) is 16.6 Å². The van der Waals surface area contributed by atoms with E-state index >= 15 is 0 Å². The number of hydrogen-bond acceptors (Lipinski definition) is 6. The first-order chi connectivity index (χ1) is 10.1. The van der Waals surface area contributed by atoms with Gasteiger partial charge in [0, 0.05) is 4.90 Å². The second-order valence-electron chi connectivity index (χ2n) is 4.12. The molecule has 1 aliphatic rings. The van der Waals surface area contributed by atoms with Gasteiger partial charge in [0.2, 0.25) is 5.91 Å². The molecular formula is C13H13N3O3S2. The molecule has 0 spiro atoms. The normalized spacial score (nSPS) is 20.1. The zero-order valence-corrected chi connectivity index (χ0v) is 12.8. The Morgan fingerprint density at radius 1 is 1.48 bits per heavy atom. The van der Waals surface area contributed by atoms with Gasteiger partial charge in [-0.15, -0.1) is 16.9 Å². The number of aliphatic carboxylic acids is 1. The van der Waals surface area contributed by atoms with E-state index < -0.39 is 11.2 Å². The van der Waals surface area contributed by atoms with Crippen LogP contribution in [0.4, 0.5) is 0 Å². The number of rotatable bonds is 5. The van der Waals surface area contributed by atoms with Crippen molar-refractivity contribution in [1.29, 1.82) is 0 Å². The molecular weight excluding hydrogens is 310 g/mol. The maximum Gasteiger partial charge on any atom is 0.305 e. The predicted molar refractivity (Wildman–Crippen MR) is 85.0 cm³/mol. The van der Waals surface area contributed by atoms with Crippen molar-refractivity contribution >= 4 is 46.8 Å². The van der Waals surface area contributed by atoms with E-state index in [1.807, 2.05) is 30.5 Å². The van der Waals surface area contributed by atoms with Crippen LogP contribution in [-0.2, 0) is 9.59 Å². The molecule has 2 rings (SSSR count). The maximum absolute atomic E-state index is 11.5. The molecule has 21 heavy (non-hydrogen) atoms. The second-order valence-corrected chi connectivity index (χ2v) is 6.19. The fraction of sp³-hybridized carbons (Fsp3) is 0.231. The molecule has 8 heteroatoms. The van der Waals surface area contributed by atoms with E-state index in [2.05, 4.69) is 15.5 Å². The SMILES string of the molecule is CSc1ccc(/C=N\N=C2/NC(=O)[C@@H](CC(=O)O)S2)cc1. The molecule has 1 saturated heterocycles. The van der Waals surface area contributed by atoms with Crippen molar-refractivity contribution in [3.05, 3.63) is 29.8 Å². The molecule has 0 unspecified atom stereocenters. The first kappa shape index (κ1) is 15.6. The Kier molecular flexibility index (Phi) is 5.40. The molecule has 110 valence electrons. The first-order valence-electron chi connectivity index (χ1n) is 6.03. The fourth-order valence-corrected chi connectivity index (χ4v) is 2.91. The topological polar surface area (TPSA) is 91.1 Å². The van der Waals surface area contributed by atoms with Crippen molar-refractivity contribution < 1.29 is 14.7 Å². The van der Waals surface area contributed by atoms with E-state index in [1.54, 1.807) is 18.0 Å². The standard InChI is InChI=1S/C13H13N3O3S2/c1-20-9-4-2-8(3-5-9)7-14-16-13-15-12(19)10(21-13)6-11(17)18/h2-5,7,10H,6H2,1H3,(H,17,18)(H,15,16,19)/b14-7-/t10-/m1/s1. The van der Waals surface area contributed by atoms with Gasteiger partial charge in [0.1, 0.15) is 5.25 Å². The monoisotopic (exact) mass is 323 g/mol. The minimum Gasteiger partial charge on any atom is -0.481 e. The highest BCUT2D eigenvalue weighted by Crippen LogP contribution is 2.22. The number of nitrogens with zero attached hydrogens (tertiary/aromatic N) is 2. The molecule has 0 radical (unpaired) electrons.